The Balaban J connectivity index is 1.27. The number of carboxylic acids is 1. The van der Waals surface area contributed by atoms with Crippen LogP contribution in [0.3, 0.4) is 0 Å². The smallest absolute Gasteiger partial charge is 0.323 e. The van der Waals surface area contributed by atoms with Gasteiger partial charge in [0.2, 0.25) is 0 Å². The van der Waals surface area contributed by atoms with Gasteiger partial charge in [-0.25, -0.2) is 14.0 Å². The van der Waals surface area contributed by atoms with Crippen LogP contribution in [-0.2, 0) is 21.2 Å². The van der Waals surface area contributed by atoms with E-state index in [-0.39, 0.29) is 17.7 Å². The lowest BCUT2D eigenvalue weighted by atomic mass is 9.86. The van der Waals surface area contributed by atoms with Gasteiger partial charge in [-0.2, -0.15) is 0 Å². The van der Waals surface area contributed by atoms with E-state index in [4.69, 9.17) is 19.3 Å². The van der Waals surface area contributed by atoms with Gasteiger partial charge in [0, 0.05) is 54.0 Å². The van der Waals surface area contributed by atoms with Crippen LogP contribution in [-0.4, -0.2) is 59.2 Å². The number of anilines is 5. The summed E-state index contributed by atoms with van der Waals surface area (Å²) in [4.78, 5) is 41.5. The summed E-state index contributed by atoms with van der Waals surface area (Å²) in [5.41, 5.74) is 3.14. The van der Waals surface area contributed by atoms with E-state index in [1.165, 1.54) is 20.5 Å². The van der Waals surface area contributed by atoms with E-state index in [2.05, 4.69) is 31.0 Å². The fourth-order valence-electron chi connectivity index (χ4n) is 6.18. The number of hydrogen-bond acceptors (Lipinski definition) is 9. The Morgan fingerprint density at radius 3 is 2.22 bits per heavy atom. The van der Waals surface area contributed by atoms with Crippen molar-refractivity contribution in [3.63, 3.8) is 0 Å². The number of aromatic nitrogens is 1. The lowest BCUT2D eigenvalue weighted by Gasteiger charge is -2.24. The number of nitrogens with zero attached hydrogens (tertiary/aromatic N) is 1. The largest absolute Gasteiger partial charge is 0.496 e. The number of unbranched alkanes of at least 4 members (excludes halogenated alkanes) is 3. The first-order valence-electron chi connectivity index (χ1n) is 18.8. The molecule has 0 fully saturated rings. The molecule has 0 aliphatic carbocycles. The molecule has 3 amide bonds. The van der Waals surface area contributed by atoms with Gasteiger partial charge in [0.05, 0.1) is 36.8 Å². The van der Waals surface area contributed by atoms with E-state index in [0.717, 1.165) is 35.6 Å². The quantitative estimate of drug-likeness (QED) is 0.0466. The van der Waals surface area contributed by atoms with Crippen molar-refractivity contribution >= 4 is 68.2 Å². The van der Waals surface area contributed by atoms with E-state index >= 15 is 0 Å². The van der Waals surface area contributed by atoms with Crippen molar-refractivity contribution in [2.45, 2.75) is 58.3 Å². The van der Waals surface area contributed by atoms with Crippen molar-refractivity contribution in [3.05, 3.63) is 96.2 Å². The first kappa shape index (κ1) is 42.8. The summed E-state index contributed by atoms with van der Waals surface area (Å²) in [7, 11) is 1.62. The number of amides is 3. The van der Waals surface area contributed by atoms with Crippen molar-refractivity contribution in [1.29, 1.82) is 0 Å². The molecule has 0 saturated heterocycles. The molecule has 0 spiro atoms. The van der Waals surface area contributed by atoms with Gasteiger partial charge in [-0.05, 0) is 66.3 Å². The number of carboxylic acid groups (broad SMARTS) is 1. The molecule has 6 N–H and O–H groups in total. The molecule has 5 rings (SSSR count). The molecule has 1 unspecified atom stereocenters. The van der Waals surface area contributed by atoms with Gasteiger partial charge in [0.15, 0.2) is 5.75 Å². The van der Waals surface area contributed by atoms with E-state index in [0.29, 0.717) is 70.1 Å². The van der Waals surface area contributed by atoms with Crippen LogP contribution in [0.25, 0.3) is 10.8 Å². The third-order valence-corrected chi connectivity index (χ3v) is 9.58. The van der Waals surface area contributed by atoms with Crippen LogP contribution in [0.1, 0.15) is 68.8 Å². The van der Waals surface area contributed by atoms with Gasteiger partial charge in [-0.3, -0.25) is 9.59 Å². The minimum absolute atomic E-state index is 0.154. The number of rotatable bonds is 18. The highest BCUT2D eigenvalue weighted by Gasteiger charge is 2.22. The number of fused-ring (bicyclic) bond motifs is 1. The third-order valence-electron chi connectivity index (χ3n) is 9.07. The highest BCUT2D eigenvalue weighted by Crippen LogP contribution is 2.40. The standard InChI is InChI=1S/C43H50N6O8S/c1-43(2,3)27-23-34(40(56-5)35(24-27)49-58(6)54)48-42(53)47-33-18-19-36(31-14-11-10-13-30(31)33)57-29-20-22-44-38(26-29)46-28-16-17-32(37(25-28)55-4)41(52)45-21-12-8-7-9-15-39(50)51/h10-11,13-14,16-20,22-26,49H,7-9,12,15,21H2,1-6H3,(H,44,46)(H,45,52)(H,50,51)(H2,47,48,53). The van der Waals surface area contributed by atoms with E-state index in [1.54, 1.807) is 48.7 Å². The van der Waals surface area contributed by atoms with Crippen molar-refractivity contribution in [3.8, 4) is 23.0 Å². The molecule has 1 atom stereocenters. The van der Waals surface area contributed by atoms with Crippen molar-refractivity contribution in [2.75, 3.05) is 47.7 Å². The van der Waals surface area contributed by atoms with Gasteiger partial charge in [-0.15, -0.1) is 0 Å². The highest BCUT2D eigenvalue weighted by atomic mass is 32.2. The fourth-order valence-corrected chi connectivity index (χ4v) is 6.64. The lowest BCUT2D eigenvalue weighted by Crippen LogP contribution is -2.25. The Hall–Kier alpha value is -6.35. The maximum Gasteiger partial charge on any atom is 0.323 e. The topological polar surface area (TPSA) is 189 Å². The summed E-state index contributed by atoms with van der Waals surface area (Å²) in [6, 6.07) is 22.9. The van der Waals surface area contributed by atoms with Gasteiger partial charge in [-0.1, -0.05) is 57.9 Å². The number of aliphatic carboxylic acids is 1. The first-order valence-corrected chi connectivity index (χ1v) is 20.3. The van der Waals surface area contributed by atoms with Crippen LogP contribution >= 0.6 is 0 Å². The summed E-state index contributed by atoms with van der Waals surface area (Å²) in [5, 5.41) is 22.3. The molecule has 0 bridgehead atoms. The summed E-state index contributed by atoms with van der Waals surface area (Å²) in [6.07, 6.45) is 6.29. The average molecular weight is 811 g/mol. The third kappa shape index (κ3) is 11.6. The van der Waals surface area contributed by atoms with Crippen LogP contribution < -0.4 is 40.2 Å². The number of nitrogens with one attached hydrogen (secondary N) is 5. The van der Waals surface area contributed by atoms with Gasteiger partial charge < -0.3 is 45.3 Å². The normalized spacial score (nSPS) is 11.6. The lowest BCUT2D eigenvalue weighted by molar-refractivity contribution is -0.137. The van der Waals surface area contributed by atoms with Crippen LogP contribution in [0.2, 0.25) is 0 Å². The minimum Gasteiger partial charge on any atom is -0.496 e. The molecular formula is C43H50N6O8S. The molecule has 58 heavy (non-hydrogen) atoms. The molecule has 5 aromatic rings. The Labute approximate surface area is 340 Å². The number of urea groups is 1. The van der Waals surface area contributed by atoms with Crippen molar-refractivity contribution in [1.82, 2.24) is 10.3 Å². The molecule has 4 aromatic carbocycles. The second-order valence-corrected chi connectivity index (χ2v) is 15.6. The summed E-state index contributed by atoms with van der Waals surface area (Å²) in [6.45, 7) is 6.61. The molecule has 14 nitrogen and oxygen atoms in total. The number of hydrogen-bond donors (Lipinski definition) is 6. The zero-order valence-corrected chi connectivity index (χ0v) is 34.3. The number of carbonyl (C=O) groups excluding carboxylic acids is 2. The van der Waals surface area contributed by atoms with Crippen LogP contribution in [0.4, 0.5) is 33.4 Å². The van der Waals surface area contributed by atoms with Gasteiger partial charge in [0.1, 0.15) is 34.1 Å². The summed E-state index contributed by atoms with van der Waals surface area (Å²) >= 11 is 0. The predicted molar refractivity (Wildman–Crippen MR) is 230 cm³/mol. The first-order chi connectivity index (χ1) is 27.7. The Kier molecular flexibility index (Phi) is 14.5. The van der Waals surface area contributed by atoms with Crippen LogP contribution in [0, 0.1) is 0 Å². The fraction of sp³-hybridized carbons (Fsp3) is 0.302. The predicted octanol–water partition coefficient (Wildman–Crippen LogP) is 9.20. The number of pyridine rings is 1. The SMILES string of the molecule is COc1cc(Nc2cc(Oc3ccc(NC(=O)Nc4cc(C(C)(C)C)cc(NS(C)=O)c4OC)c4ccccc34)ccn2)ccc1C(=O)NCCCCCCC(=O)O. The molecule has 0 aliphatic rings. The molecule has 306 valence electrons. The Bertz CT molecular complexity index is 2290. The van der Waals surface area contributed by atoms with E-state index in [9.17, 15) is 18.6 Å². The molecule has 0 saturated carbocycles. The second-order valence-electron chi connectivity index (χ2n) is 14.5. The zero-order chi connectivity index (χ0) is 41.8. The molecular weight excluding hydrogens is 761 g/mol. The Morgan fingerprint density at radius 1 is 0.793 bits per heavy atom. The molecule has 0 radical (unpaired) electrons. The number of benzene rings is 4. The van der Waals surface area contributed by atoms with E-state index in [1.807, 2.05) is 57.2 Å². The van der Waals surface area contributed by atoms with E-state index < -0.39 is 23.0 Å². The number of methoxy groups -OCH3 is 2. The van der Waals surface area contributed by atoms with Crippen molar-refractivity contribution < 1.29 is 37.9 Å². The molecule has 1 aromatic heterocycles. The monoisotopic (exact) mass is 810 g/mol. The number of carbonyl (C=O) groups is 3. The van der Waals surface area contributed by atoms with Gasteiger partial charge in [0.25, 0.3) is 5.91 Å². The second kappa shape index (κ2) is 19.7. The maximum atomic E-state index is 13.5. The molecule has 1 heterocycles. The maximum absolute atomic E-state index is 13.5. The number of ether oxygens (including phenoxy) is 3. The Morgan fingerprint density at radius 2 is 1.52 bits per heavy atom. The average Bonchev–Trinajstić information content (AvgIpc) is 3.17. The van der Waals surface area contributed by atoms with Crippen molar-refractivity contribution in [2.24, 2.45) is 0 Å². The zero-order valence-electron chi connectivity index (χ0n) is 33.5. The van der Waals surface area contributed by atoms with Crippen LogP contribution in [0.15, 0.2) is 85.1 Å². The van der Waals surface area contributed by atoms with Crippen LogP contribution in [0.5, 0.6) is 23.0 Å². The summed E-state index contributed by atoms with van der Waals surface area (Å²) in [5.74, 6) is 1.24. The minimum atomic E-state index is -1.37. The molecule has 0 aliphatic heterocycles. The molecule has 15 heteroatoms. The summed E-state index contributed by atoms with van der Waals surface area (Å²) < 4.78 is 32.5. The van der Waals surface area contributed by atoms with Gasteiger partial charge >= 0.3 is 12.0 Å². The highest BCUT2D eigenvalue weighted by molar-refractivity contribution is 7.85.